The Bertz CT molecular complexity index is 613. The topological polar surface area (TPSA) is 49.8 Å². The summed E-state index contributed by atoms with van der Waals surface area (Å²) >= 11 is 0. The number of rotatable bonds is 7. The van der Waals surface area contributed by atoms with Gasteiger partial charge in [0.2, 0.25) is 0 Å². The van der Waals surface area contributed by atoms with Gasteiger partial charge in [-0.1, -0.05) is 37.3 Å². The molecule has 22 heavy (non-hydrogen) atoms. The maximum atomic E-state index is 11.5. The molecule has 0 heterocycles. The van der Waals surface area contributed by atoms with E-state index in [0.717, 1.165) is 11.4 Å². The molecule has 0 aromatic heterocycles. The van der Waals surface area contributed by atoms with Crippen molar-refractivity contribution in [1.29, 1.82) is 0 Å². The largest absolute Gasteiger partial charge is 0.480 e. The molecule has 1 unspecified atom stereocenters. The number of benzene rings is 2. The molecule has 2 aromatic rings. The highest BCUT2D eigenvalue weighted by Crippen LogP contribution is 2.33. The van der Waals surface area contributed by atoms with Crippen molar-refractivity contribution in [3.8, 4) is 11.5 Å². The van der Waals surface area contributed by atoms with Crippen LogP contribution < -0.4 is 9.64 Å². The van der Waals surface area contributed by atoms with Crippen LogP contribution in [0.25, 0.3) is 0 Å². The Labute approximate surface area is 131 Å². The second-order valence-corrected chi connectivity index (χ2v) is 4.93. The molecule has 0 bridgehead atoms. The number of hydrogen-bond acceptors (Lipinski definition) is 3. The van der Waals surface area contributed by atoms with Gasteiger partial charge in [0.05, 0.1) is 5.69 Å². The first-order valence-corrected chi connectivity index (χ1v) is 7.48. The third-order valence-electron chi connectivity index (χ3n) is 3.53. The molecule has 0 saturated carbocycles. The first-order valence-electron chi connectivity index (χ1n) is 7.48. The van der Waals surface area contributed by atoms with E-state index >= 15 is 0 Å². The Hall–Kier alpha value is -2.49. The molecule has 0 aliphatic carbocycles. The average molecular weight is 299 g/mol. The SMILES string of the molecule is CCC(C(=O)O)N(CC)c1ccccc1Oc1ccccc1. The standard InChI is InChI=1S/C18H21NO3/c1-3-15(18(20)21)19(4-2)16-12-8-9-13-17(16)22-14-10-6-5-7-11-14/h5-13,15H,3-4H2,1-2H3,(H,20,21). The molecule has 0 radical (unpaired) electrons. The van der Waals surface area contributed by atoms with Crippen LogP contribution in [0.4, 0.5) is 5.69 Å². The number of para-hydroxylation sites is 3. The quantitative estimate of drug-likeness (QED) is 0.833. The number of aliphatic carboxylic acids is 1. The summed E-state index contributed by atoms with van der Waals surface area (Å²) in [5.74, 6) is 0.573. The molecule has 0 amide bonds. The van der Waals surface area contributed by atoms with Crippen LogP contribution in [-0.4, -0.2) is 23.7 Å². The fourth-order valence-electron chi connectivity index (χ4n) is 2.48. The van der Waals surface area contributed by atoms with E-state index in [2.05, 4.69) is 0 Å². The van der Waals surface area contributed by atoms with Crippen molar-refractivity contribution < 1.29 is 14.6 Å². The van der Waals surface area contributed by atoms with E-state index in [0.29, 0.717) is 18.7 Å². The fraction of sp³-hybridized carbons (Fsp3) is 0.278. The zero-order chi connectivity index (χ0) is 15.9. The highest BCUT2D eigenvalue weighted by Gasteiger charge is 2.25. The van der Waals surface area contributed by atoms with E-state index in [-0.39, 0.29) is 0 Å². The van der Waals surface area contributed by atoms with Crippen molar-refractivity contribution in [3.05, 3.63) is 54.6 Å². The third kappa shape index (κ3) is 3.58. The Kier molecular flexibility index (Phi) is 5.42. The first kappa shape index (κ1) is 15.9. The Balaban J connectivity index is 2.35. The smallest absolute Gasteiger partial charge is 0.326 e. The van der Waals surface area contributed by atoms with Gasteiger partial charge in [0.15, 0.2) is 5.75 Å². The summed E-state index contributed by atoms with van der Waals surface area (Å²) in [6.07, 6.45) is 0.531. The van der Waals surface area contributed by atoms with Crippen LogP contribution in [0.15, 0.2) is 54.6 Å². The number of ether oxygens (including phenoxy) is 1. The predicted octanol–water partition coefficient (Wildman–Crippen LogP) is 4.17. The molecule has 0 aliphatic rings. The lowest BCUT2D eigenvalue weighted by atomic mass is 10.1. The average Bonchev–Trinajstić information content (AvgIpc) is 2.54. The van der Waals surface area contributed by atoms with E-state index in [9.17, 15) is 9.90 Å². The van der Waals surface area contributed by atoms with Crippen LogP contribution in [-0.2, 0) is 4.79 Å². The fourth-order valence-corrected chi connectivity index (χ4v) is 2.48. The van der Waals surface area contributed by atoms with Crippen molar-refractivity contribution in [1.82, 2.24) is 0 Å². The second-order valence-electron chi connectivity index (χ2n) is 4.93. The molecule has 1 atom stereocenters. The third-order valence-corrected chi connectivity index (χ3v) is 3.53. The zero-order valence-electron chi connectivity index (χ0n) is 12.9. The first-order chi connectivity index (χ1) is 10.7. The minimum absolute atomic E-state index is 0.531. The molecular formula is C18H21NO3. The molecule has 0 fully saturated rings. The van der Waals surface area contributed by atoms with Crippen LogP contribution in [0.1, 0.15) is 20.3 Å². The van der Waals surface area contributed by atoms with E-state index < -0.39 is 12.0 Å². The molecule has 0 aliphatic heterocycles. The van der Waals surface area contributed by atoms with Gasteiger partial charge in [-0.05, 0) is 37.6 Å². The molecule has 0 saturated heterocycles. The molecule has 116 valence electrons. The van der Waals surface area contributed by atoms with Gasteiger partial charge in [-0.3, -0.25) is 0 Å². The van der Waals surface area contributed by atoms with Gasteiger partial charge in [0.25, 0.3) is 0 Å². The highest BCUT2D eigenvalue weighted by molar-refractivity contribution is 5.79. The Morgan fingerprint density at radius 1 is 1.09 bits per heavy atom. The summed E-state index contributed by atoms with van der Waals surface area (Å²) < 4.78 is 5.93. The summed E-state index contributed by atoms with van der Waals surface area (Å²) in [6, 6.07) is 16.5. The number of hydrogen-bond donors (Lipinski definition) is 1. The summed E-state index contributed by atoms with van der Waals surface area (Å²) in [4.78, 5) is 13.4. The van der Waals surface area contributed by atoms with Gasteiger partial charge in [0.1, 0.15) is 11.8 Å². The minimum Gasteiger partial charge on any atom is -0.480 e. The van der Waals surface area contributed by atoms with Crippen LogP contribution in [0.5, 0.6) is 11.5 Å². The van der Waals surface area contributed by atoms with Crippen molar-refractivity contribution in [2.45, 2.75) is 26.3 Å². The van der Waals surface area contributed by atoms with E-state index in [4.69, 9.17) is 4.74 Å². The summed E-state index contributed by atoms with van der Waals surface area (Å²) in [6.45, 7) is 4.42. The Morgan fingerprint density at radius 3 is 2.32 bits per heavy atom. The number of carboxylic acids is 1. The van der Waals surface area contributed by atoms with Crippen molar-refractivity contribution in [2.75, 3.05) is 11.4 Å². The van der Waals surface area contributed by atoms with Crippen LogP contribution in [0.3, 0.4) is 0 Å². The molecular weight excluding hydrogens is 278 g/mol. The van der Waals surface area contributed by atoms with E-state index in [1.54, 1.807) is 0 Å². The highest BCUT2D eigenvalue weighted by atomic mass is 16.5. The van der Waals surface area contributed by atoms with E-state index in [1.807, 2.05) is 73.3 Å². The second kappa shape index (κ2) is 7.50. The molecule has 4 nitrogen and oxygen atoms in total. The van der Waals surface area contributed by atoms with Gasteiger partial charge >= 0.3 is 5.97 Å². The number of anilines is 1. The van der Waals surface area contributed by atoms with Gasteiger partial charge in [0, 0.05) is 6.54 Å². The molecule has 4 heteroatoms. The number of likely N-dealkylation sites (N-methyl/N-ethyl adjacent to an activating group) is 1. The van der Waals surface area contributed by atoms with Crippen LogP contribution in [0.2, 0.25) is 0 Å². The van der Waals surface area contributed by atoms with Gasteiger partial charge in [-0.25, -0.2) is 4.79 Å². The molecule has 2 aromatic carbocycles. The summed E-state index contributed by atoms with van der Waals surface area (Å²) in [5, 5.41) is 9.43. The maximum absolute atomic E-state index is 11.5. The number of nitrogens with zero attached hydrogens (tertiary/aromatic N) is 1. The van der Waals surface area contributed by atoms with Gasteiger partial charge < -0.3 is 14.7 Å². The molecule has 2 rings (SSSR count). The van der Waals surface area contributed by atoms with E-state index in [1.165, 1.54) is 0 Å². The van der Waals surface area contributed by atoms with Crippen LogP contribution in [0, 0.1) is 0 Å². The summed E-state index contributed by atoms with van der Waals surface area (Å²) in [7, 11) is 0. The van der Waals surface area contributed by atoms with Crippen molar-refractivity contribution >= 4 is 11.7 Å². The lowest BCUT2D eigenvalue weighted by Gasteiger charge is -2.30. The Morgan fingerprint density at radius 2 is 1.73 bits per heavy atom. The predicted molar refractivity (Wildman–Crippen MR) is 87.7 cm³/mol. The van der Waals surface area contributed by atoms with Gasteiger partial charge in [-0.15, -0.1) is 0 Å². The summed E-state index contributed by atoms with van der Waals surface area (Å²) in [5.41, 5.74) is 0.795. The molecule has 0 spiro atoms. The monoisotopic (exact) mass is 299 g/mol. The maximum Gasteiger partial charge on any atom is 0.326 e. The zero-order valence-corrected chi connectivity index (χ0v) is 12.9. The normalized spacial score (nSPS) is 11.7. The lowest BCUT2D eigenvalue weighted by molar-refractivity contribution is -0.138. The van der Waals surface area contributed by atoms with Crippen molar-refractivity contribution in [3.63, 3.8) is 0 Å². The minimum atomic E-state index is -0.820. The van der Waals surface area contributed by atoms with Crippen LogP contribution >= 0.6 is 0 Å². The number of carboxylic acid groups (broad SMARTS) is 1. The lowest BCUT2D eigenvalue weighted by Crippen LogP contribution is -2.41. The van der Waals surface area contributed by atoms with Gasteiger partial charge in [-0.2, -0.15) is 0 Å². The molecule has 1 N–H and O–H groups in total. The van der Waals surface area contributed by atoms with Crippen molar-refractivity contribution in [2.24, 2.45) is 0 Å². The number of carbonyl (C=O) groups is 1.